The van der Waals surface area contributed by atoms with E-state index in [1.807, 2.05) is 0 Å². The van der Waals surface area contributed by atoms with Crippen molar-refractivity contribution in [3.8, 4) is 0 Å². The van der Waals surface area contributed by atoms with E-state index in [4.69, 9.17) is 5.11 Å². The zero-order chi connectivity index (χ0) is 5.91. The Labute approximate surface area is 57.1 Å². The van der Waals surface area contributed by atoms with Crippen molar-refractivity contribution in [3.05, 3.63) is 0 Å². The molecule has 0 saturated carbocycles. The maximum Gasteiger partial charge on any atom is 0.101 e. The fraction of sp³-hybridized carbons (Fsp3) is 1.00. The number of aliphatic hydroxyl groups is 1. The van der Waals surface area contributed by atoms with Gasteiger partial charge >= 0.3 is 0 Å². The molecule has 2 nitrogen and oxygen atoms in total. The first-order valence-electron chi connectivity index (χ1n) is 2.47. The highest BCUT2D eigenvalue weighted by atomic mass is 35.5. The molecule has 0 aromatic rings. The van der Waals surface area contributed by atoms with E-state index in [0.29, 0.717) is 0 Å². The Balaban J connectivity index is 0. The largest absolute Gasteiger partial charge is 1.00 e. The number of likely N-dealkylation sites (N-methyl/N-ethyl adjacent to an activating group) is 1. The number of aliphatic hydroxyl groups excluding tert-OH is 1. The van der Waals surface area contributed by atoms with Crippen LogP contribution in [-0.2, 0) is 0 Å². The van der Waals surface area contributed by atoms with Crippen LogP contribution in [0.4, 0.5) is 0 Å². The zero-order valence-electron chi connectivity index (χ0n) is 5.69. The average Bonchev–Trinajstić information content (AvgIpc) is 1.30. The van der Waals surface area contributed by atoms with Gasteiger partial charge in [0, 0.05) is 0 Å². The van der Waals surface area contributed by atoms with E-state index >= 15 is 0 Å². The van der Waals surface area contributed by atoms with Crippen LogP contribution in [0.1, 0.15) is 0 Å². The topological polar surface area (TPSA) is 20.2 Å². The van der Waals surface area contributed by atoms with Gasteiger partial charge in [-0.2, -0.15) is 0 Å². The van der Waals surface area contributed by atoms with Gasteiger partial charge in [0.2, 0.25) is 0 Å². The Bertz CT molecular complexity index is 50.9. The monoisotopic (exact) mass is 143 g/mol. The van der Waals surface area contributed by atoms with Crippen LogP contribution in [0, 0.1) is 0 Å². The minimum Gasteiger partial charge on any atom is -1.00 e. The second-order valence-electron chi connectivity index (χ2n) is 2.74. The molecule has 0 radical (unpaired) electrons. The molecule has 0 bridgehead atoms. The molecule has 0 aliphatic rings. The summed E-state index contributed by atoms with van der Waals surface area (Å²) < 4.78 is 0.844. The lowest BCUT2D eigenvalue weighted by atomic mass is 10.9. The van der Waals surface area contributed by atoms with Gasteiger partial charge in [-0.15, -0.1) is 0 Å². The van der Waals surface area contributed by atoms with Crippen molar-refractivity contribution in [3.63, 3.8) is 0 Å². The number of hydrogen-bond donors (Lipinski definition) is 1. The van der Waals surface area contributed by atoms with Crippen molar-refractivity contribution in [1.82, 2.24) is 0 Å². The second kappa shape index (κ2) is 4.13. The van der Waals surface area contributed by atoms with Crippen LogP contribution >= 0.6 is 0 Å². The number of hydrogen-bond acceptors (Lipinski definition) is 1. The third-order valence-corrected chi connectivity index (χ3v) is 0.771. The lowest BCUT2D eigenvalue weighted by molar-refractivity contribution is -0.870. The molecule has 0 aromatic heterocycles. The third kappa shape index (κ3) is 9.51. The van der Waals surface area contributed by atoms with E-state index in [2.05, 4.69) is 21.1 Å². The summed E-state index contributed by atoms with van der Waals surface area (Å²) in [6, 6.07) is 0. The van der Waals surface area contributed by atoms with Gasteiger partial charge in [-0.1, -0.05) is 0 Å². The van der Waals surface area contributed by atoms with E-state index in [1.165, 1.54) is 0 Å². The number of halogens is 1. The van der Waals surface area contributed by atoms with E-state index in [9.17, 15) is 0 Å². The average molecular weight is 144 g/mol. The SMILES string of the molecule is C[N+](C)(C)[14CH2][14CH2]O.[Cl-]. The van der Waals surface area contributed by atoms with Gasteiger partial charge in [0.25, 0.3) is 0 Å². The summed E-state index contributed by atoms with van der Waals surface area (Å²) >= 11 is 0. The van der Waals surface area contributed by atoms with E-state index in [-0.39, 0.29) is 19.0 Å². The Morgan fingerprint density at radius 2 is 1.62 bits per heavy atom. The fourth-order valence-corrected chi connectivity index (χ4v) is 0.300. The van der Waals surface area contributed by atoms with Crippen molar-refractivity contribution in [1.29, 1.82) is 0 Å². The molecule has 0 aliphatic carbocycles. The van der Waals surface area contributed by atoms with E-state index in [0.717, 1.165) is 11.0 Å². The van der Waals surface area contributed by atoms with Crippen LogP contribution < -0.4 is 12.4 Å². The van der Waals surface area contributed by atoms with Crippen LogP contribution in [0.5, 0.6) is 0 Å². The van der Waals surface area contributed by atoms with Gasteiger partial charge in [0.05, 0.1) is 27.7 Å². The summed E-state index contributed by atoms with van der Waals surface area (Å²) in [6.45, 7) is 1.11. The number of rotatable bonds is 2. The van der Waals surface area contributed by atoms with Crippen LogP contribution in [0.25, 0.3) is 0 Å². The third-order valence-electron chi connectivity index (χ3n) is 0.771. The maximum absolute atomic E-state index is 8.39. The highest BCUT2D eigenvalue weighted by Crippen LogP contribution is 1.84. The van der Waals surface area contributed by atoms with E-state index in [1.54, 1.807) is 0 Å². The molecule has 0 heterocycles. The minimum absolute atomic E-state index is 0. The van der Waals surface area contributed by atoms with Crippen LogP contribution in [-0.4, -0.2) is 43.9 Å². The van der Waals surface area contributed by atoms with Crippen LogP contribution in [0.2, 0.25) is 0 Å². The van der Waals surface area contributed by atoms with Crippen molar-refractivity contribution in [2.75, 3.05) is 34.3 Å². The zero-order valence-corrected chi connectivity index (χ0v) is 6.44. The van der Waals surface area contributed by atoms with Gasteiger partial charge in [0.1, 0.15) is 6.54 Å². The van der Waals surface area contributed by atoms with Gasteiger partial charge in [0.15, 0.2) is 0 Å². The molecular weight excluding hydrogens is 129 g/mol. The first-order valence-corrected chi connectivity index (χ1v) is 2.47. The second-order valence-corrected chi connectivity index (χ2v) is 2.74. The fourth-order valence-electron chi connectivity index (χ4n) is 0.300. The van der Waals surface area contributed by atoms with Gasteiger partial charge in [-0.3, -0.25) is 0 Å². The normalized spacial score (nSPS) is 10.5. The molecule has 0 atom stereocenters. The quantitative estimate of drug-likeness (QED) is 0.402. The molecule has 0 amide bonds. The standard InChI is InChI=1S/C5H14NO.ClH/c1-6(2,3)4-5-7;/h7H,4-5H2,1-3H3;1H/q+1;/p-1/i4+2,5+2;. The van der Waals surface area contributed by atoms with Gasteiger partial charge < -0.3 is 22.0 Å². The molecule has 0 unspecified atom stereocenters. The molecular formula is C5H14ClNO. The molecule has 0 rings (SSSR count). The molecule has 0 aromatic carbocycles. The Morgan fingerprint density at radius 1 is 1.25 bits per heavy atom. The first kappa shape index (κ1) is 11.1. The highest BCUT2D eigenvalue weighted by Gasteiger charge is 2.02. The predicted octanol–water partition coefficient (Wildman–Crippen LogP) is -3.31. The first-order chi connectivity index (χ1) is 3.06. The Hall–Kier alpha value is 0.210. The number of nitrogens with zero attached hydrogens (tertiary/aromatic N) is 1. The van der Waals surface area contributed by atoms with Crippen molar-refractivity contribution >= 4 is 0 Å². The lowest BCUT2D eigenvalue weighted by Crippen LogP contribution is -3.00. The minimum atomic E-state index is 0. The van der Waals surface area contributed by atoms with Crippen molar-refractivity contribution < 1.29 is 22.0 Å². The lowest BCUT2D eigenvalue weighted by Gasteiger charge is -2.21. The molecule has 0 saturated heterocycles. The van der Waals surface area contributed by atoms with Crippen molar-refractivity contribution in [2.24, 2.45) is 0 Å². The highest BCUT2D eigenvalue weighted by molar-refractivity contribution is 4.19. The molecule has 52 valence electrons. The molecule has 3 heteroatoms. The van der Waals surface area contributed by atoms with Crippen molar-refractivity contribution in [2.45, 2.75) is 0 Å². The molecule has 0 spiro atoms. The molecule has 8 heavy (non-hydrogen) atoms. The number of quaternary nitrogens is 1. The van der Waals surface area contributed by atoms with Crippen LogP contribution in [0.3, 0.4) is 0 Å². The summed E-state index contributed by atoms with van der Waals surface area (Å²) in [4.78, 5) is 0. The van der Waals surface area contributed by atoms with E-state index < -0.39 is 0 Å². The Kier molecular flexibility index (Phi) is 5.71. The molecule has 0 fully saturated rings. The predicted molar refractivity (Wildman–Crippen MR) is 30.0 cm³/mol. The summed E-state index contributed by atoms with van der Waals surface area (Å²) in [5.74, 6) is 0. The summed E-state index contributed by atoms with van der Waals surface area (Å²) in [5.41, 5.74) is 0. The maximum atomic E-state index is 8.39. The van der Waals surface area contributed by atoms with Gasteiger partial charge in [-0.25, -0.2) is 0 Å². The molecule has 0 aliphatic heterocycles. The van der Waals surface area contributed by atoms with Crippen LogP contribution in [0.15, 0.2) is 0 Å². The van der Waals surface area contributed by atoms with Gasteiger partial charge in [-0.05, 0) is 0 Å². The smallest absolute Gasteiger partial charge is 0.101 e. The Morgan fingerprint density at radius 3 is 1.62 bits per heavy atom. The summed E-state index contributed by atoms with van der Waals surface area (Å²) in [7, 11) is 6.16. The molecule has 1 N–H and O–H groups in total. The summed E-state index contributed by atoms with van der Waals surface area (Å²) in [6.07, 6.45) is 0. The summed E-state index contributed by atoms with van der Waals surface area (Å²) in [5, 5.41) is 8.39.